The van der Waals surface area contributed by atoms with Gasteiger partial charge in [0.15, 0.2) is 9.84 Å². The van der Waals surface area contributed by atoms with E-state index in [-0.39, 0.29) is 14.8 Å². The molecule has 2 aromatic carbocycles. The molecule has 1 heterocycles. The Morgan fingerprint density at radius 1 is 0.969 bits per heavy atom. The number of pyridine rings is 1. The first-order valence-electron chi connectivity index (χ1n) is 9.30. The van der Waals surface area contributed by atoms with E-state index in [1.165, 1.54) is 69.1 Å². The molecule has 170 valence electrons. The van der Waals surface area contributed by atoms with E-state index in [4.69, 9.17) is 21.1 Å². The lowest BCUT2D eigenvalue weighted by Gasteiger charge is -2.19. The minimum atomic E-state index is -4.06. The number of halogens is 1. The summed E-state index contributed by atoms with van der Waals surface area (Å²) in [5.41, 5.74) is 0.346. The molecule has 0 fully saturated rings. The van der Waals surface area contributed by atoms with Gasteiger partial charge in [-0.15, -0.1) is 0 Å². The van der Waals surface area contributed by atoms with Gasteiger partial charge < -0.3 is 9.47 Å². The summed E-state index contributed by atoms with van der Waals surface area (Å²) in [4.78, 5) is 3.89. The lowest BCUT2D eigenvalue weighted by atomic mass is 10.2. The molecule has 1 atom stereocenters. The van der Waals surface area contributed by atoms with E-state index in [1.54, 1.807) is 12.1 Å². The minimum absolute atomic E-state index is 0.0267. The van der Waals surface area contributed by atoms with Crippen LogP contribution in [-0.2, 0) is 19.9 Å². The van der Waals surface area contributed by atoms with E-state index in [1.807, 2.05) is 0 Å². The molecule has 8 nitrogen and oxygen atoms in total. The Labute approximate surface area is 192 Å². The van der Waals surface area contributed by atoms with Gasteiger partial charge in [-0.3, -0.25) is 4.98 Å². The van der Waals surface area contributed by atoms with Gasteiger partial charge in [0.2, 0.25) is 10.0 Å². The maximum absolute atomic E-state index is 13.4. The summed E-state index contributed by atoms with van der Waals surface area (Å²) in [5, 5.41) is -1.10. The third-order valence-corrected chi connectivity index (χ3v) is 8.54. The molecule has 0 radical (unpaired) electrons. The smallest absolute Gasteiger partial charge is 0.240 e. The Kier molecular flexibility index (Phi) is 7.40. The Morgan fingerprint density at radius 2 is 1.66 bits per heavy atom. The predicted octanol–water partition coefficient (Wildman–Crippen LogP) is 3.25. The van der Waals surface area contributed by atoms with E-state index in [0.717, 1.165) is 0 Å². The molecule has 3 rings (SSSR count). The van der Waals surface area contributed by atoms with Crippen LogP contribution in [0.25, 0.3) is 0 Å². The number of hydrogen-bond acceptors (Lipinski definition) is 7. The van der Waals surface area contributed by atoms with Gasteiger partial charge in [-0.2, -0.15) is 0 Å². The molecular weight excluding hydrogens is 476 g/mol. The second-order valence-electron chi connectivity index (χ2n) is 6.64. The first-order valence-corrected chi connectivity index (χ1v) is 12.7. The Bertz CT molecular complexity index is 1280. The van der Waals surface area contributed by atoms with E-state index < -0.39 is 31.7 Å². The molecule has 1 N–H and O–H groups in total. The lowest BCUT2D eigenvalue weighted by molar-refractivity contribution is 0.414. The molecule has 0 aliphatic heterocycles. The molecule has 0 amide bonds. The van der Waals surface area contributed by atoms with Crippen molar-refractivity contribution in [2.45, 2.75) is 15.0 Å². The standard InChI is InChI=1S/C21H21ClN2O6S2/c1-29-16-5-7-17(8-6-16)31(25,26)21(15-4-3-11-23-13-15)14-24-32(27,28)18-9-10-20(30-2)19(22)12-18/h3-13,21,24H,14H2,1-2H3/t21-/m0/s1. The molecule has 0 bridgehead atoms. The van der Waals surface area contributed by atoms with Gasteiger partial charge in [0.25, 0.3) is 0 Å². The van der Waals surface area contributed by atoms with Crippen molar-refractivity contribution in [3.63, 3.8) is 0 Å². The van der Waals surface area contributed by atoms with E-state index in [0.29, 0.717) is 17.1 Å². The van der Waals surface area contributed by atoms with Crippen molar-refractivity contribution in [3.8, 4) is 11.5 Å². The van der Waals surface area contributed by atoms with Gasteiger partial charge in [-0.05, 0) is 54.1 Å². The molecule has 11 heteroatoms. The molecule has 0 spiro atoms. The highest BCUT2D eigenvalue weighted by atomic mass is 35.5. The average Bonchev–Trinajstić information content (AvgIpc) is 2.79. The summed E-state index contributed by atoms with van der Waals surface area (Å²) in [6.07, 6.45) is 2.90. The number of sulfone groups is 1. The van der Waals surface area contributed by atoms with Crippen molar-refractivity contribution < 1.29 is 26.3 Å². The average molecular weight is 497 g/mol. The molecule has 0 aliphatic rings. The Morgan fingerprint density at radius 3 is 2.22 bits per heavy atom. The van der Waals surface area contributed by atoms with Crippen LogP contribution in [0.3, 0.4) is 0 Å². The third-order valence-electron chi connectivity index (χ3n) is 4.71. The summed E-state index contributed by atoms with van der Waals surface area (Å²) in [6.45, 7) is -0.411. The second kappa shape index (κ2) is 9.86. The fourth-order valence-electron chi connectivity index (χ4n) is 2.99. The van der Waals surface area contributed by atoms with E-state index in [2.05, 4.69) is 9.71 Å². The molecule has 0 saturated heterocycles. The maximum atomic E-state index is 13.4. The molecule has 0 aliphatic carbocycles. The summed E-state index contributed by atoms with van der Waals surface area (Å²) < 4.78 is 64.9. The van der Waals surface area contributed by atoms with Gasteiger partial charge in [-0.1, -0.05) is 17.7 Å². The van der Waals surface area contributed by atoms with Crippen LogP contribution < -0.4 is 14.2 Å². The van der Waals surface area contributed by atoms with Crippen molar-refractivity contribution in [3.05, 3.63) is 77.6 Å². The SMILES string of the molecule is COc1ccc(S(=O)(=O)[C@@H](CNS(=O)(=O)c2ccc(OC)c(Cl)c2)c2cccnc2)cc1. The molecule has 0 unspecified atom stereocenters. The zero-order chi connectivity index (χ0) is 23.4. The zero-order valence-corrected chi connectivity index (χ0v) is 19.6. The van der Waals surface area contributed by atoms with Crippen LogP contribution in [0.4, 0.5) is 0 Å². The number of aromatic nitrogens is 1. The summed E-state index contributed by atoms with van der Waals surface area (Å²) >= 11 is 6.04. The maximum Gasteiger partial charge on any atom is 0.240 e. The van der Waals surface area contributed by atoms with Gasteiger partial charge in [-0.25, -0.2) is 21.6 Å². The minimum Gasteiger partial charge on any atom is -0.497 e. The van der Waals surface area contributed by atoms with Crippen molar-refractivity contribution in [2.75, 3.05) is 20.8 Å². The van der Waals surface area contributed by atoms with Crippen molar-refractivity contribution in [1.29, 1.82) is 0 Å². The number of nitrogens with zero attached hydrogens (tertiary/aromatic N) is 1. The van der Waals surface area contributed by atoms with Gasteiger partial charge in [0.05, 0.1) is 29.0 Å². The summed E-state index contributed by atoms with van der Waals surface area (Å²) in [6, 6.07) is 13.0. The quantitative estimate of drug-likeness (QED) is 0.484. The van der Waals surface area contributed by atoms with Crippen molar-refractivity contribution >= 4 is 31.5 Å². The van der Waals surface area contributed by atoms with Gasteiger partial charge >= 0.3 is 0 Å². The Hall–Kier alpha value is -2.66. The number of benzene rings is 2. The van der Waals surface area contributed by atoms with Crippen LogP contribution in [-0.4, -0.2) is 42.6 Å². The van der Waals surface area contributed by atoms with Crippen molar-refractivity contribution in [2.24, 2.45) is 0 Å². The normalized spacial score (nSPS) is 12.8. The molecule has 0 saturated carbocycles. The topological polar surface area (TPSA) is 112 Å². The third kappa shape index (κ3) is 5.21. The monoisotopic (exact) mass is 496 g/mol. The zero-order valence-electron chi connectivity index (χ0n) is 17.2. The number of rotatable bonds is 9. The van der Waals surface area contributed by atoms with E-state index in [9.17, 15) is 16.8 Å². The van der Waals surface area contributed by atoms with Crippen LogP contribution in [0.2, 0.25) is 5.02 Å². The number of ether oxygens (including phenoxy) is 2. The highest BCUT2D eigenvalue weighted by molar-refractivity contribution is 7.92. The molecule has 32 heavy (non-hydrogen) atoms. The first-order chi connectivity index (χ1) is 15.2. The van der Waals surface area contributed by atoms with Crippen LogP contribution in [0.15, 0.2) is 76.8 Å². The van der Waals surface area contributed by atoms with E-state index >= 15 is 0 Å². The number of nitrogens with one attached hydrogen (secondary N) is 1. The van der Waals surface area contributed by atoms with Gasteiger partial charge in [0, 0.05) is 18.9 Å². The molecule has 3 aromatic rings. The number of methoxy groups -OCH3 is 2. The number of hydrogen-bond donors (Lipinski definition) is 1. The molecular formula is C21H21ClN2O6S2. The van der Waals surface area contributed by atoms with Crippen LogP contribution in [0.1, 0.15) is 10.8 Å². The molecule has 1 aromatic heterocycles. The summed E-state index contributed by atoms with van der Waals surface area (Å²) in [5.74, 6) is 0.819. The fourth-order valence-corrected chi connectivity index (χ4v) is 6.13. The highest BCUT2D eigenvalue weighted by Gasteiger charge is 2.31. The summed E-state index contributed by atoms with van der Waals surface area (Å²) in [7, 11) is -5.14. The fraction of sp³-hybridized carbons (Fsp3) is 0.190. The van der Waals surface area contributed by atoms with Crippen LogP contribution >= 0.6 is 11.6 Å². The first kappa shape index (κ1) is 24.0. The second-order valence-corrected chi connectivity index (χ2v) is 10.9. The van der Waals surface area contributed by atoms with Gasteiger partial charge in [0.1, 0.15) is 16.7 Å². The number of sulfonamides is 1. The highest BCUT2D eigenvalue weighted by Crippen LogP contribution is 2.30. The van der Waals surface area contributed by atoms with Crippen LogP contribution in [0.5, 0.6) is 11.5 Å². The lowest BCUT2D eigenvalue weighted by Crippen LogP contribution is -2.32. The van der Waals surface area contributed by atoms with Crippen LogP contribution in [0, 0.1) is 0 Å². The van der Waals surface area contributed by atoms with Crippen molar-refractivity contribution in [1.82, 2.24) is 9.71 Å². The predicted molar refractivity (Wildman–Crippen MR) is 120 cm³/mol. The largest absolute Gasteiger partial charge is 0.497 e. The Balaban J connectivity index is 1.94.